The van der Waals surface area contributed by atoms with Gasteiger partial charge < -0.3 is 10.5 Å². The van der Waals surface area contributed by atoms with E-state index in [0.717, 1.165) is 43.0 Å². The second-order valence-corrected chi connectivity index (χ2v) is 6.26. The Hall–Kier alpha value is -0.450. The maximum absolute atomic E-state index is 6.55. The van der Waals surface area contributed by atoms with Crippen LogP contribution >= 0.6 is 11.3 Å². The number of hydrogen-bond acceptors (Lipinski definition) is 4. The fraction of sp³-hybridized carbons (Fsp3) is 0.769. The standard InChI is InChI=1S/C13H22N2OS/c1-4-5-11-8-13(14,6-7-16-11)12-15-9(2)10(3)17-12/h11H,4-8,14H2,1-3H3. The van der Waals surface area contributed by atoms with Crippen LogP contribution in [-0.4, -0.2) is 17.7 Å². The van der Waals surface area contributed by atoms with Gasteiger partial charge in [0.15, 0.2) is 0 Å². The molecular weight excluding hydrogens is 232 g/mol. The van der Waals surface area contributed by atoms with Gasteiger partial charge in [0, 0.05) is 11.5 Å². The fourth-order valence-corrected chi connectivity index (χ4v) is 3.42. The molecule has 2 heterocycles. The highest BCUT2D eigenvalue weighted by atomic mass is 32.1. The Bertz CT molecular complexity index is 369. The molecule has 0 amide bonds. The molecule has 0 bridgehead atoms. The van der Waals surface area contributed by atoms with Crippen LogP contribution in [0.4, 0.5) is 0 Å². The molecule has 1 saturated heterocycles. The molecule has 0 saturated carbocycles. The van der Waals surface area contributed by atoms with E-state index < -0.39 is 0 Å². The summed E-state index contributed by atoms with van der Waals surface area (Å²) in [5.74, 6) is 0. The van der Waals surface area contributed by atoms with Gasteiger partial charge in [-0.3, -0.25) is 0 Å². The molecule has 0 aromatic carbocycles. The van der Waals surface area contributed by atoms with E-state index in [1.165, 1.54) is 4.88 Å². The van der Waals surface area contributed by atoms with Gasteiger partial charge in [0.25, 0.3) is 0 Å². The first kappa shape index (κ1) is 13.0. The molecular formula is C13H22N2OS. The Kier molecular flexibility index (Phi) is 3.85. The Labute approximate surface area is 107 Å². The van der Waals surface area contributed by atoms with Gasteiger partial charge in [-0.25, -0.2) is 4.98 Å². The van der Waals surface area contributed by atoms with Gasteiger partial charge in [-0.2, -0.15) is 0 Å². The molecule has 17 heavy (non-hydrogen) atoms. The van der Waals surface area contributed by atoms with Gasteiger partial charge in [-0.05, 0) is 33.1 Å². The van der Waals surface area contributed by atoms with Crippen molar-refractivity contribution in [3.05, 3.63) is 15.6 Å². The van der Waals surface area contributed by atoms with E-state index in [1.54, 1.807) is 11.3 Å². The van der Waals surface area contributed by atoms with Gasteiger partial charge in [0.1, 0.15) is 5.01 Å². The number of ether oxygens (including phenoxy) is 1. The molecule has 1 aromatic rings. The molecule has 2 N–H and O–H groups in total. The summed E-state index contributed by atoms with van der Waals surface area (Å²) in [5.41, 5.74) is 7.41. The van der Waals surface area contributed by atoms with Crippen molar-refractivity contribution >= 4 is 11.3 Å². The average molecular weight is 254 g/mol. The third-order valence-electron chi connectivity index (χ3n) is 3.56. The molecule has 96 valence electrons. The van der Waals surface area contributed by atoms with Gasteiger partial charge in [-0.1, -0.05) is 13.3 Å². The van der Waals surface area contributed by atoms with Gasteiger partial charge in [-0.15, -0.1) is 11.3 Å². The van der Waals surface area contributed by atoms with Crippen molar-refractivity contribution in [1.82, 2.24) is 4.98 Å². The Balaban J connectivity index is 2.17. The highest BCUT2D eigenvalue weighted by molar-refractivity contribution is 7.11. The van der Waals surface area contributed by atoms with Crippen molar-refractivity contribution in [2.45, 2.75) is 58.1 Å². The van der Waals surface area contributed by atoms with Crippen LogP contribution in [0.5, 0.6) is 0 Å². The van der Waals surface area contributed by atoms with Gasteiger partial charge in [0.05, 0.1) is 17.3 Å². The van der Waals surface area contributed by atoms with Crippen LogP contribution in [0, 0.1) is 13.8 Å². The molecule has 3 nitrogen and oxygen atoms in total. The van der Waals surface area contributed by atoms with Crippen LogP contribution in [-0.2, 0) is 10.3 Å². The summed E-state index contributed by atoms with van der Waals surface area (Å²) in [7, 11) is 0. The minimum Gasteiger partial charge on any atom is -0.378 e. The predicted octanol–water partition coefficient (Wildman–Crippen LogP) is 2.89. The number of nitrogens with two attached hydrogens (primary N) is 1. The van der Waals surface area contributed by atoms with Crippen molar-refractivity contribution in [1.29, 1.82) is 0 Å². The largest absolute Gasteiger partial charge is 0.378 e. The van der Waals surface area contributed by atoms with Crippen LogP contribution in [0.15, 0.2) is 0 Å². The minimum absolute atomic E-state index is 0.262. The first-order chi connectivity index (χ1) is 8.05. The molecule has 0 radical (unpaired) electrons. The van der Waals surface area contributed by atoms with E-state index >= 15 is 0 Å². The van der Waals surface area contributed by atoms with Crippen LogP contribution in [0.1, 0.15) is 48.2 Å². The Morgan fingerprint density at radius 3 is 2.88 bits per heavy atom. The molecule has 2 rings (SSSR count). The maximum Gasteiger partial charge on any atom is 0.113 e. The molecule has 1 aliphatic heterocycles. The van der Waals surface area contributed by atoms with Crippen molar-refractivity contribution in [2.24, 2.45) is 5.73 Å². The summed E-state index contributed by atoms with van der Waals surface area (Å²) in [6.45, 7) is 7.12. The van der Waals surface area contributed by atoms with Gasteiger partial charge >= 0.3 is 0 Å². The van der Waals surface area contributed by atoms with Crippen LogP contribution in [0.2, 0.25) is 0 Å². The number of aryl methyl sites for hydroxylation is 2. The number of hydrogen-bond donors (Lipinski definition) is 1. The minimum atomic E-state index is -0.262. The highest BCUT2D eigenvalue weighted by Gasteiger charge is 2.37. The summed E-state index contributed by atoms with van der Waals surface area (Å²) in [6.07, 6.45) is 4.36. The Morgan fingerprint density at radius 2 is 2.29 bits per heavy atom. The lowest BCUT2D eigenvalue weighted by Gasteiger charge is -2.36. The second-order valence-electron chi connectivity index (χ2n) is 5.05. The lowest BCUT2D eigenvalue weighted by molar-refractivity contribution is -0.0242. The lowest BCUT2D eigenvalue weighted by atomic mass is 9.87. The molecule has 0 spiro atoms. The highest BCUT2D eigenvalue weighted by Crippen LogP contribution is 2.36. The van der Waals surface area contributed by atoms with Gasteiger partial charge in [0.2, 0.25) is 0 Å². The number of thiazole rings is 1. The summed E-state index contributed by atoms with van der Waals surface area (Å²) in [5, 5.41) is 1.09. The van der Waals surface area contributed by atoms with Crippen molar-refractivity contribution < 1.29 is 4.74 Å². The SMILES string of the molecule is CCCC1CC(N)(c2nc(C)c(C)s2)CCO1. The zero-order valence-electron chi connectivity index (χ0n) is 11.0. The summed E-state index contributed by atoms with van der Waals surface area (Å²) < 4.78 is 5.77. The predicted molar refractivity (Wildman–Crippen MR) is 71.3 cm³/mol. The second kappa shape index (κ2) is 5.04. The molecule has 2 unspecified atom stereocenters. The van der Waals surface area contributed by atoms with Crippen LogP contribution in [0.3, 0.4) is 0 Å². The lowest BCUT2D eigenvalue weighted by Crippen LogP contribution is -2.45. The molecule has 4 heteroatoms. The number of nitrogens with zero attached hydrogens (tertiary/aromatic N) is 1. The van der Waals surface area contributed by atoms with Crippen molar-refractivity contribution in [2.75, 3.05) is 6.61 Å². The third-order valence-corrected chi connectivity index (χ3v) is 4.85. The van der Waals surface area contributed by atoms with Crippen LogP contribution < -0.4 is 5.73 Å². The fourth-order valence-electron chi connectivity index (χ4n) is 2.36. The molecule has 0 aliphatic carbocycles. The smallest absolute Gasteiger partial charge is 0.113 e. The maximum atomic E-state index is 6.55. The van der Waals surface area contributed by atoms with Crippen molar-refractivity contribution in [3.8, 4) is 0 Å². The third kappa shape index (κ3) is 2.69. The first-order valence-electron chi connectivity index (χ1n) is 6.40. The Morgan fingerprint density at radius 1 is 1.53 bits per heavy atom. The monoisotopic (exact) mass is 254 g/mol. The molecule has 1 aromatic heterocycles. The summed E-state index contributed by atoms with van der Waals surface area (Å²) in [4.78, 5) is 5.92. The van der Waals surface area contributed by atoms with Crippen LogP contribution in [0.25, 0.3) is 0 Å². The van der Waals surface area contributed by atoms with E-state index in [9.17, 15) is 0 Å². The van der Waals surface area contributed by atoms with E-state index in [1.807, 2.05) is 0 Å². The van der Waals surface area contributed by atoms with Crippen molar-refractivity contribution in [3.63, 3.8) is 0 Å². The van der Waals surface area contributed by atoms with E-state index in [4.69, 9.17) is 10.5 Å². The topological polar surface area (TPSA) is 48.1 Å². The number of rotatable bonds is 3. The zero-order chi connectivity index (χ0) is 12.5. The molecule has 1 aliphatic rings. The number of aromatic nitrogens is 1. The normalized spacial score (nSPS) is 29.5. The quantitative estimate of drug-likeness (QED) is 0.902. The molecule has 2 atom stereocenters. The van der Waals surface area contributed by atoms with E-state index in [2.05, 4.69) is 25.8 Å². The summed E-state index contributed by atoms with van der Waals surface area (Å²) in [6, 6.07) is 0. The summed E-state index contributed by atoms with van der Waals surface area (Å²) >= 11 is 1.75. The zero-order valence-corrected chi connectivity index (χ0v) is 11.8. The molecule has 1 fully saturated rings. The average Bonchev–Trinajstić information content (AvgIpc) is 2.61. The van der Waals surface area contributed by atoms with E-state index in [0.29, 0.717) is 6.10 Å². The first-order valence-corrected chi connectivity index (χ1v) is 7.22. The van der Waals surface area contributed by atoms with E-state index in [-0.39, 0.29) is 5.54 Å².